The quantitative estimate of drug-likeness (QED) is 0.413. The van der Waals surface area contributed by atoms with Crippen molar-refractivity contribution in [1.29, 1.82) is 0 Å². The minimum absolute atomic E-state index is 0. The number of rotatable bonds is 3. The maximum absolute atomic E-state index is 8.34. The molecule has 0 saturated heterocycles. The molecule has 0 aromatic heterocycles. The molecule has 0 heterocycles. The summed E-state index contributed by atoms with van der Waals surface area (Å²) in [5.74, 6) is 0. The monoisotopic (exact) mass is 278 g/mol. The predicted molar refractivity (Wildman–Crippen MR) is 28.2 cm³/mol. The molecule has 0 rings (SSSR count). The average molecular weight is 279 g/mol. The van der Waals surface area contributed by atoms with Crippen LogP contribution in [0.3, 0.4) is 0 Å². The van der Waals surface area contributed by atoms with Gasteiger partial charge in [-0.1, -0.05) is 0 Å². The van der Waals surface area contributed by atoms with Crippen LogP contribution in [0.25, 0.3) is 0 Å². The Bertz CT molecular complexity index is 68.3. The zero-order chi connectivity index (χ0) is 6.62. The van der Waals surface area contributed by atoms with Crippen LogP contribution >= 0.6 is 0 Å². The van der Waals surface area contributed by atoms with E-state index in [1.165, 1.54) is 0 Å². The maximum Gasteiger partial charge on any atom is 3.00 e. The molecule has 0 aliphatic rings. The Balaban J connectivity index is -0.0000000408. The summed E-state index contributed by atoms with van der Waals surface area (Å²) in [7, 11) is 0. The Morgan fingerprint density at radius 1 is 0.833 bits per heavy atom. The molecule has 1 radical (unpaired) electrons. The Morgan fingerprint density at radius 2 is 1.00 bits per heavy atom. The molecule has 0 aliphatic heterocycles. The van der Waals surface area contributed by atoms with Crippen LogP contribution in [0.15, 0.2) is 0 Å². The summed E-state index contributed by atoms with van der Waals surface area (Å²) in [5.41, 5.74) is 3.94. The van der Waals surface area contributed by atoms with Crippen LogP contribution in [-0.2, 0) is 17.4 Å². The van der Waals surface area contributed by atoms with E-state index in [4.69, 9.17) is 21.1 Å². The van der Waals surface area contributed by atoms with Crippen molar-refractivity contribution in [2.24, 2.45) is 5.73 Å². The Morgan fingerprint density at radius 3 is 1.00 bits per heavy atom. The number of aliphatic hydroxyl groups is 3. The van der Waals surface area contributed by atoms with E-state index in [1.807, 2.05) is 0 Å². The molecule has 0 fully saturated rings. The van der Waals surface area contributed by atoms with Crippen molar-refractivity contribution in [3.05, 3.63) is 0 Å². The van der Waals surface area contributed by atoms with Crippen molar-refractivity contribution < 1.29 is 69.9 Å². The first kappa shape index (κ1) is 29.2. The van der Waals surface area contributed by atoms with E-state index in [0.717, 1.165) is 0 Å². The molecule has 0 bridgehead atoms. The molecule has 77 valence electrons. The summed E-state index contributed by atoms with van der Waals surface area (Å²) < 4.78 is 0. The molecule has 5 N–H and O–H groups in total. The van der Waals surface area contributed by atoms with Crippen LogP contribution in [-0.4, -0.2) is 40.7 Å². The molecule has 0 unspecified atom stereocenters. The minimum Gasteiger partial charge on any atom is -1.00 e. The molecule has 0 aromatic carbocycles. The van der Waals surface area contributed by atoms with Crippen LogP contribution < -0.4 is 43.0 Å². The third-order valence-corrected chi connectivity index (χ3v) is 0.945. The van der Waals surface area contributed by atoms with Gasteiger partial charge in [0.2, 0.25) is 0 Å². The first-order valence-electron chi connectivity index (χ1n) is 2.30. The number of halogens is 3. The largest absolute Gasteiger partial charge is 3.00 e. The SMILES string of the molecule is NC(CO)(CO)CO.[Cl-].[Cl-].[Cl-].[Cr+3]. The van der Waals surface area contributed by atoms with Gasteiger partial charge in [0.1, 0.15) is 0 Å². The third kappa shape index (κ3) is 11.2. The zero-order valence-corrected chi connectivity index (χ0v) is 9.63. The van der Waals surface area contributed by atoms with Gasteiger partial charge in [0.25, 0.3) is 0 Å². The number of aliphatic hydroxyl groups excluding tert-OH is 3. The van der Waals surface area contributed by atoms with E-state index < -0.39 is 25.4 Å². The first-order valence-corrected chi connectivity index (χ1v) is 2.30. The summed E-state index contributed by atoms with van der Waals surface area (Å²) >= 11 is 0. The van der Waals surface area contributed by atoms with E-state index in [1.54, 1.807) is 0 Å². The number of nitrogens with two attached hydrogens (primary N) is 1. The van der Waals surface area contributed by atoms with Crippen molar-refractivity contribution >= 4 is 0 Å². The van der Waals surface area contributed by atoms with Gasteiger partial charge in [-0.05, 0) is 0 Å². The molecule has 0 aliphatic carbocycles. The smallest absolute Gasteiger partial charge is 1.00 e. The van der Waals surface area contributed by atoms with Gasteiger partial charge in [-0.2, -0.15) is 0 Å². The van der Waals surface area contributed by atoms with Gasteiger partial charge in [0.15, 0.2) is 0 Å². The third-order valence-electron chi connectivity index (χ3n) is 0.945. The van der Waals surface area contributed by atoms with Gasteiger partial charge in [0.05, 0.1) is 25.4 Å². The van der Waals surface area contributed by atoms with Gasteiger partial charge >= 0.3 is 17.4 Å². The molecule has 0 atom stereocenters. The van der Waals surface area contributed by atoms with Crippen molar-refractivity contribution in [2.45, 2.75) is 5.54 Å². The standard InChI is InChI=1S/C4H11NO3.3ClH.Cr/c5-4(1-6,2-7)3-8;;;;/h6-8H,1-3,5H2;3*1H;/q;;;;+3/p-3. The summed E-state index contributed by atoms with van der Waals surface area (Å²) in [4.78, 5) is 0. The van der Waals surface area contributed by atoms with E-state index in [-0.39, 0.29) is 54.6 Å². The minimum atomic E-state index is -1.21. The molecule has 8 heteroatoms. The molecule has 0 amide bonds. The summed E-state index contributed by atoms with van der Waals surface area (Å²) in [6, 6.07) is 0. The van der Waals surface area contributed by atoms with Gasteiger partial charge in [-0.15, -0.1) is 0 Å². The van der Waals surface area contributed by atoms with Crippen LogP contribution in [0.5, 0.6) is 0 Å². The second-order valence-corrected chi connectivity index (χ2v) is 1.84. The number of hydrogen-bond donors (Lipinski definition) is 4. The zero-order valence-electron chi connectivity index (χ0n) is 6.08. The Labute approximate surface area is 101 Å². The predicted octanol–water partition coefficient (Wildman–Crippen LogP) is -11.3. The van der Waals surface area contributed by atoms with Gasteiger partial charge in [0, 0.05) is 0 Å². The van der Waals surface area contributed by atoms with Crippen molar-refractivity contribution in [3.63, 3.8) is 0 Å². The first-order chi connectivity index (χ1) is 3.68. The van der Waals surface area contributed by atoms with Crippen LogP contribution in [0, 0.1) is 0 Å². The van der Waals surface area contributed by atoms with E-state index in [9.17, 15) is 0 Å². The fourth-order valence-corrected chi connectivity index (χ4v) is 0.150. The Hall–Kier alpha value is 1.24. The van der Waals surface area contributed by atoms with Crippen LogP contribution in [0.4, 0.5) is 0 Å². The molecule has 0 saturated carbocycles. The normalized spacial score (nSPS) is 8.00. The van der Waals surface area contributed by atoms with E-state index >= 15 is 0 Å². The van der Waals surface area contributed by atoms with Crippen molar-refractivity contribution in [2.75, 3.05) is 19.8 Å². The molecule has 4 nitrogen and oxygen atoms in total. The fraction of sp³-hybridized carbons (Fsp3) is 1.00. The molecule has 0 spiro atoms. The second-order valence-electron chi connectivity index (χ2n) is 1.84. The summed E-state index contributed by atoms with van der Waals surface area (Å²) in [6.07, 6.45) is 0. The Kier molecular flexibility index (Phi) is 35.9. The molecule has 0 aromatic rings. The molecular formula is C4H11Cl3CrNO3. The number of hydrogen-bond acceptors (Lipinski definition) is 4. The van der Waals surface area contributed by atoms with Crippen LogP contribution in [0.1, 0.15) is 0 Å². The van der Waals surface area contributed by atoms with Gasteiger partial charge in [-0.3, -0.25) is 0 Å². The van der Waals surface area contributed by atoms with Crippen LogP contribution in [0.2, 0.25) is 0 Å². The topological polar surface area (TPSA) is 86.7 Å². The molecule has 12 heavy (non-hydrogen) atoms. The summed E-state index contributed by atoms with van der Waals surface area (Å²) in [6.45, 7) is -1.21. The van der Waals surface area contributed by atoms with Crippen molar-refractivity contribution in [3.8, 4) is 0 Å². The van der Waals surface area contributed by atoms with Gasteiger partial charge < -0.3 is 58.3 Å². The molecular weight excluding hydrogens is 268 g/mol. The average Bonchev–Trinajstić information content (AvgIpc) is 1.87. The second kappa shape index (κ2) is 14.7. The fourth-order valence-electron chi connectivity index (χ4n) is 0.150. The maximum atomic E-state index is 8.34. The summed E-state index contributed by atoms with van der Waals surface area (Å²) in [5, 5.41) is 25.0. The van der Waals surface area contributed by atoms with Gasteiger partial charge in [-0.25, -0.2) is 0 Å². The van der Waals surface area contributed by atoms with E-state index in [2.05, 4.69) is 0 Å². The van der Waals surface area contributed by atoms with Crippen molar-refractivity contribution in [1.82, 2.24) is 0 Å². The van der Waals surface area contributed by atoms with E-state index in [0.29, 0.717) is 0 Å².